The van der Waals surface area contributed by atoms with Gasteiger partial charge in [-0.2, -0.15) is 5.26 Å². The maximum Gasteiger partial charge on any atom is 0.0701 e. The number of hydrogen-bond donors (Lipinski definition) is 1. The Morgan fingerprint density at radius 2 is 2.25 bits per heavy atom. The molecule has 0 bridgehead atoms. The summed E-state index contributed by atoms with van der Waals surface area (Å²) in [6, 6.07) is 7.44. The normalized spacial score (nSPS) is 12.1. The Hall–Kier alpha value is -1.20. The van der Waals surface area contributed by atoms with E-state index in [1.165, 1.54) is 0 Å². The molecule has 62 valence electrons. The van der Waals surface area contributed by atoms with Crippen LogP contribution in [0.5, 0.6) is 0 Å². The van der Waals surface area contributed by atoms with Gasteiger partial charge in [0.25, 0.3) is 0 Å². The maximum atomic E-state index is 8.65. The van der Waals surface area contributed by atoms with Gasteiger partial charge in [0.05, 0.1) is 22.7 Å². The van der Waals surface area contributed by atoms with Crippen LogP contribution in [-0.2, 0) is 0 Å². The summed E-state index contributed by atoms with van der Waals surface area (Å²) in [4.78, 5) is 0. The van der Waals surface area contributed by atoms with Crippen molar-refractivity contribution in [3.05, 3.63) is 28.8 Å². The van der Waals surface area contributed by atoms with Gasteiger partial charge in [0.2, 0.25) is 0 Å². The van der Waals surface area contributed by atoms with E-state index >= 15 is 0 Å². The number of halogens is 1. The topological polar surface area (TPSA) is 49.8 Å². The average molecular weight is 181 g/mol. The van der Waals surface area contributed by atoms with Gasteiger partial charge >= 0.3 is 0 Å². The van der Waals surface area contributed by atoms with E-state index in [0.717, 1.165) is 5.56 Å². The first-order valence-electron chi connectivity index (χ1n) is 3.60. The fourth-order valence-corrected chi connectivity index (χ4v) is 1.26. The molecule has 0 fully saturated rings. The minimum Gasteiger partial charge on any atom is -0.398 e. The zero-order valence-electron chi connectivity index (χ0n) is 6.71. The van der Waals surface area contributed by atoms with E-state index in [9.17, 15) is 0 Å². The quantitative estimate of drug-likeness (QED) is 0.676. The molecule has 1 atom stereocenters. The van der Waals surface area contributed by atoms with Crippen LogP contribution >= 0.6 is 11.6 Å². The third-order valence-electron chi connectivity index (χ3n) is 1.72. The predicted molar refractivity (Wildman–Crippen MR) is 49.9 cm³/mol. The van der Waals surface area contributed by atoms with E-state index in [2.05, 4.69) is 6.07 Å². The van der Waals surface area contributed by atoms with Crippen molar-refractivity contribution in [3.8, 4) is 6.07 Å². The minimum absolute atomic E-state index is 0.207. The molecule has 0 amide bonds. The molecule has 0 heterocycles. The molecule has 12 heavy (non-hydrogen) atoms. The Morgan fingerprint density at radius 3 is 2.83 bits per heavy atom. The van der Waals surface area contributed by atoms with Crippen LogP contribution in [0.15, 0.2) is 18.2 Å². The van der Waals surface area contributed by atoms with Crippen molar-refractivity contribution in [1.29, 1.82) is 5.26 Å². The molecule has 0 aliphatic carbocycles. The number of nitrogens with zero attached hydrogens (tertiary/aromatic N) is 1. The Morgan fingerprint density at radius 1 is 1.58 bits per heavy atom. The highest BCUT2D eigenvalue weighted by atomic mass is 35.5. The number of rotatable bonds is 1. The van der Waals surface area contributed by atoms with Crippen molar-refractivity contribution in [2.24, 2.45) is 0 Å². The summed E-state index contributed by atoms with van der Waals surface area (Å²) in [6.07, 6.45) is 0. The third-order valence-corrected chi connectivity index (χ3v) is 2.16. The van der Waals surface area contributed by atoms with Crippen molar-refractivity contribution in [1.82, 2.24) is 0 Å². The monoisotopic (exact) mass is 180 g/mol. The highest BCUT2D eigenvalue weighted by molar-refractivity contribution is 6.33. The molecule has 0 radical (unpaired) electrons. The Labute approximate surface area is 76.6 Å². The number of benzene rings is 1. The summed E-state index contributed by atoms with van der Waals surface area (Å²) in [5.74, 6) is -0.207. The lowest BCUT2D eigenvalue weighted by Gasteiger charge is -2.06. The molecule has 1 aromatic carbocycles. The van der Waals surface area contributed by atoms with Gasteiger partial charge in [0.1, 0.15) is 0 Å². The first-order chi connectivity index (χ1) is 5.66. The van der Waals surface area contributed by atoms with Crippen LogP contribution in [0, 0.1) is 11.3 Å². The summed E-state index contributed by atoms with van der Waals surface area (Å²) in [7, 11) is 0. The lowest BCUT2D eigenvalue weighted by Crippen LogP contribution is -1.94. The molecule has 3 heteroatoms. The van der Waals surface area contributed by atoms with Gasteiger partial charge in [0, 0.05) is 0 Å². The second kappa shape index (κ2) is 3.46. The number of nitrogens with two attached hydrogens (primary N) is 1. The number of nitrogen functional groups attached to an aromatic ring is 1. The van der Waals surface area contributed by atoms with Crippen LogP contribution in [-0.4, -0.2) is 0 Å². The zero-order valence-corrected chi connectivity index (χ0v) is 7.47. The Kier molecular flexibility index (Phi) is 2.57. The van der Waals surface area contributed by atoms with Crippen molar-refractivity contribution in [2.75, 3.05) is 5.73 Å². The predicted octanol–water partition coefficient (Wildman–Crippen LogP) is 2.55. The van der Waals surface area contributed by atoms with Gasteiger partial charge in [-0.25, -0.2) is 0 Å². The Bertz CT molecular complexity index is 328. The standard InChI is InChI=1S/C9H9ClN2/c1-6(5-11)7-3-2-4-8(12)9(7)10/h2-4,6H,12H2,1H3. The maximum absolute atomic E-state index is 8.65. The van der Waals surface area contributed by atoms with E-state index in [4.69, 9.17) is 22.6 Å². The van der Waals surface area contributed by atoms with E-state index in [-0.39, 0.29) is 5.92 Å². The lowest BCUT2D eigenvalue weighted by atomic mass is 10.0. The summed E-state index contributed by atoms with van der Waals surface area (Å²) < 4.78 is 0. The summed E-state index contributed by atoms with van der Waals surface area (Å²) in [6.45, 7) is 1.79. The van der Waals surface area contributed by atoms with Gasteiger partial charge in [-0.3, -0.25) is 0 Å². The molecule has 0 spiro atoms. The van der Waals surface area contributed by atoms with Crippen molar-refractivity contribution in [3.63, 3.8) is 0 Å². The SMILES string of the molecule is CC(C#N)c1cccc(N)c1Cl. The van der Waals surface area contributed by atoms with Crippen LogP contribution in [0.3, 0.4) is 0 Å². The van der Waals surface area contributed by atoms with Gasteiger partial charge in [-0.05, 0) is 18.6 Å². The van der Waals surface area contributed by atoms with Crippen LogP contribution < -0.4 is 5.73 Å². The smallest absolute Gasteiger partial charge is 0.0701 e. The molecule has 1 unspecified atom stereocenters. The highest BCUT2D eigenvalue weighted by Crippen LogP contribution is 2.28. The van der Waals surface area contributed by atoms with Gasteiger partial charge in [-0.1, -0.05) is 23.7 Å². The molecule has 1 aromatic rings. The fourth-order valence-electron chi connectivity index (χ4n) is 0.972. The van der Waals surface area contributed by atoms with Crippen LogP contribution in [0.25, 0.3) is 0 Å². The summed E-state index contributed by atoms with van der Waals surface area (Å²) >= 11 is 5.89. The van der Waals surface area contributed by atoms with E-state index in [1.807, 2.05) is 6.07 Å². The molecule has 2 N–H and O–H groups in total. The van der Waals surface area contributed by atoms with E-state index < -0.39 is 0 Å². The van der Waals surface area contributed by atoms with E-state index in [0.29, 0.717) is 10.7 Å². The second-order valence-corrected chi connectivity index (χ2v) is 2.98. The third kappa shape index (κ3) is 1.51. The molecule has 0 aliphatic rings. The van der Waals surface area contributed by atoms with Crippen LogP contribution in [0.4, 0.5) is 5.69 Å². The molecular formula is C9H9ClN2. The van der Waals surface area contributed by atoms with Crippen molar-refractivity contribution in [2.45, 2.75) is 12.8 Å². The minimum atomic E-state index is -0.207. The molecule has 2 nitrogen and oxygen atoms in total. The summed E-state index contributed by atoms with van der Waals surface area (Å²) in [5, 5.41) is 9.15. The van der Waals surface area contributed by atoms with Gasteiger partial charge in [-0.15, -0.1) is 0 Å². The van der Waals surface area contributed by atoms with Crippen molar-refractivity contribution < 1.29 is 0 Å². The zero-order chi connectivity index (χ0) is 9.14. The molecule has 0 aliphatic heterocycles. The van der Waals surface area contributed by atoms with Crippen LogP contribution in [0.2, 0.25) is 5.02 Å². The number of hydrogen-bond acceptors (Lipinski definition) is 2. The second-order valence-electron chi connectivity index (χ2n) is 2.60. The number of anilines is 1. The first-order valence-corrected chi connectivity index (χ1v) is 3.98. The highest BCUT2D eigenvalue weighted by Gasteiger charge is 2.09. The molecule has 0 aromatic heterocycles. The fraction of sp³-hybridized carbons (Fsp3) is 0.222. The van der Waals surface area contributed by atoms with Crippen LogP contribution in [0.1, 0.15) is 18.4 Å². The molecule has 0 saturated carbocycles. The summed E-state index contributed by atoms with van der Waals surface area (Å²) in [5.41, 5.74) is 6.89. The largest absolute Gasteiger partial charge is 0.398 e. The first kappa shape index (κ1) is 8.89. The lowest BCUT2D eigenvalue weighted by molar-refractivity contribution is 0.983. The van der Waals surface area contributed by atoms with Gasteiger partial charge < -0.3 is 5.73 Å². The molecular weight excluding hydrogens is 172 g/mol. The Balaban J connectivity index is 3.18. The molecule has 0 saturated heterocycles. The molecule has 1 rings (SSSR count). The number of nitriles is 1. The van der Waals surface area contributed by atoms with E-state index in [1.54, 1.807) is 19.1 Å². The van der Waals surface area contributed by atoms with Gasteiger partial charge in [0.15, 0.2) is 0 Å². The van der Waals surface area contributed by atoms with Crippen molar-refractivity contribution >= 4 is 17.3 Å². The average Bonchev–Trinajstić information content (AvgIpc) is 2.08.